The van der Waals surface area contributed by atoms with Gasteiger partial charge >= 0.3 is 6.18 Å². The summed E-state index contributed by atoms with van der Waals surface area (Å²) in [6, 6.07) is 10.1. The summed E-state index contributed by atoms with van der Waals surface area (Å²) in [6.45, 7) is 1.82. The Morgan fingerprint density at radius 2 is 1.79 bits per heavy atom. The van der Waals surface area contributed by atoms with Crippen molar-refractivity contribution < 1.29 is 18.0 Å². The molecule has 28 heavy (non-hydrogen) atoms. The number of halogens is 3. The molecule has 1 fully saturated rings. The zero-order valence-electron chi connectivity index (χ0n) is 15.7. The average molecular weight is 394 g/mol. The fraction of sp³-hybridized carbons (Fsp3) is 0.500. The summed E-state index contributed by atoms with van der Waals surface area (Å²) >= 11 is 0. The summed E-state index contributed by atoms with van der Waals surface area (Å²) in [5, 5.41) is 0. The van der Waals surface area contributed by atoms with E-state index in [-0.39, 0.29) is 5.91 Å². The normalized spacial score (nSPS) is 15.8. The van der Waals surface area contributed by atoms with E-state index in [1.54, 1.807) is 0 Å². The SMILES string of the molecule is O=C(CCCc1ccccc1)N1CCN(Cc2nccn2CC(F)(F)F)CC1. The molecule has 5 nitrogen and oxygen atoms in total. The van der Waals surface area contributed by atoms with Crippen molar-refractivity contribution in [3.63, 3.8) is 0 Å². The Bertz CT molecular complexity index is 752. The van der Waals surface area contributed by atoms with E-state index in [4.69, 9.17) is 0 Å². The van der Waals surface area contributed by atoms with Crippen LogP contribution in [0, 0.1) is 0 Å². The van der Waals surface area contributed by atoms with E-state index in [9.17, 15) is 18.0 Å². The third-order valence-electron chi connectivity index (χ3n) is 4.94. The number of aryl methyl sites for hydroxylation is 1. The number of carbonyl (C=O) groups is 1. The zero-order chi connectivity index (χ0) is 20.0. The molecule has 1 amide bonds. The summed E-state index contributed by atoms with van der Waals surface area (Å²) in [6.07, 6.45) is 0.709. The first-order chi connectivity index (χ1) is 13.4. The van der Waals surface area contributed by atoms with Crippen LogP contribution in [0.4, 0.5) is 13.2 Å². The lowest BCUT2D eigenvalue weighted by atomic mass is 10.1. The molecule has 0 radical (unpaired) electrons. The summed E-state index contributed by atoms with van der Waals surface area (Å²) in [5.74, 6) is 0.550. The van der Waals surface area contributed by atoms with Crippen LogP contribution in [0.25, 0.3) is 0 Å². The molecule has 0 unspecified atom stereocenters. The van der Waals surface area contributed by atoms with E-state index in [0.29, 0.717) is 45.0 Å². The number of hydrogen-bond donors (Lipinski definition) is 0. The number of imidazole rings is 1. The van der Waals surface area contributed by atoms with Crippen molar-refractivity contribution in [2.24, 2.45) is 0 Å². The van der Waals surface area contributed by atoms with Gasteiger partial charge in [-0.2, -0.15) is 13.2 Å². The summed E-state index contributed by atoms with van der Waals surface area (Å²) in [7, 11) is 0. The maximum Gasteiger partial charge on any atom is 0.406 e. The van der Waals surface area contributed by atoms with Gasteiger partial charge in [-0.3, -0.25) is 9.69 Å². The zero-order valence-corrected chi connectivity index (χ0v) is 15.7. The number of rotatable bonds is 7. The van der Waals surface area contributed by atoms with Crippen molar-refractivity contribution in [3.05, 3.63) is 54.1 Å². The van der Waals surface area contributed by atoms with Crippen LogP contribution in [0.15, 0.2) is 42.7 Å². The van der Waals surface area contributed by atoms with Crippen LogP contribution in [0.5, 0.6) is 0 Å². The van der Waals surface area contributed by atoms with Gasteiger partial charge in [0.25, 0.3) is 0 Å². The number of benzene rings is 1. The highest BCUT2D eigenvalue weighted by atomic mass is 19.4. The smallest absolute Gasteiger partial charge is 0.340 e. The van der Waals surface area contributed by atoms with Gasteiger partial charge in [0.2, 0.25) is 5.91 Å². The molecule has 0 saturated carbocycles. The minimum Gasteiger partial charge on any atom is -0.340 e. The topological polar surface area (TPSA) is 41.4 Å². The van der Waals surface area contributed by atoms with Crippen LogP contribution in [0.1, 0.15) is 24.2 Å². The first-order valence-corrected chi connectivity index (χ1v) is 9.51. The van der Waals surface area contributed by atoms with Gasteiger partial charge in [0.1, 0.15) is 12.4 Å². The first kappa shape index (κ1) is 20.4. The quantitative estimate of drug-likeness (QED) is 0.725. The highest BCUT2D eigenvalue weighted by Crippen LogP contribution is 2.19. The highest BCUT2D eigenvalue weighted by molar-refractivity contribution is 5.76. The van der Waals surface area contributed by atoms with Gasteiger partial charge in [0, 0.05) is 45.0 Å². The molecule has 1 aromatic carbocycles. The molecule has 2 heterocycles. The molecule has 1 saturated heterocycles. The van der Waals surface area contributed by atoms with Crippen LogP contribution in [-0.4, -0.2) is 57.6 Å². The molecule has 2 aromatic rings. The predicted octanol–water partition coefficient (Wildman–Crippen LogP) is 3.11. The summed E-state index contributed by atoms with van der Waals surface area (Å²) < 4.78 is 39.0. The minimum absolute atomic E-state index is 0.147. The van der Waals surface area contributed by atoms with Crippen molar-refractivity contribution in [1.82, 2.24) is 19.4 Å². The second-order valence-electron chi connectivity index (χ2n) is 7.08. The Balaban J connectivity index is 1.41. The Morgan fingerprint density at radius 3 is 2.46 bits per heavy atom. The van der Waals surface area contributed by atoms with Crippen LogP contribution in [0.3, 0.4) is 0 Å². The maximum absolute atomic E-state index is 12.6. The van der Waals surface area contributed by atoms with Gasteiger partial charge < -0.3 is 9.47 Å². The Morgan fingerprint density at radius 1 is 1.07 bits per heavy atom. The molecular weight excluding hydrogens is 369 g/mol. The fourth-order valence-corrected chi connectivity index (χ4v) is 3.43. The third kappa shape index (κ3) is 6.09. The third-order valence-corrected chi connectivity index (χ3v) is 4.94. The average Bonchev–Trinajstić information content (AvgIpc) is 3.08. The van der Waals surface area contributed by atoms with Crippen molar-refractivity contribution in [3.8, 4) is 0 Å². The van der Waals surface area contributed by atoms with Crippen molar-refractivity contribution in [1.29, 1.82) is 0 Å². The van der Waals surface area contributed by atoms with E-state index in [0.717, 1.165) is 17.4 Å². The largest absolute Gasteiger partial charge is 0.406 e. The van der Waals surface area contributed by atoms with E-state index in [1.165, 1.54) is 18.0 Å². The van der Waals surface area contributed by atoms with Gasteiger partial charge in [-0.05, 0) is 18.4 Å². The first-order valence-electron chi connectivity index (χ1n) is 9.51. The number of hydrogen-bond acceptors (Lipinski definition) is 3. The molecule has 1 aliphatic heterocycles. The van der Waals surface area contributed by atoms with Crippen molar-refractivity contribution in [2.45, 2.75) is 38.5 Å². The van der Waals surface area contributed by atoms with Gasteiger partial charge in [-0.25, -0.2) is 4.98 Å². The molecule has 152 valence electrons. The second kappa shape index (κ2) is 9.23. The number of alkyl halides is 3. The molecule has 1 aliphatic rings. The highest BCUT2D eigenvalue weighted by Gasteiger charge is 2.29. The monoisotopic (exact) mass is 394 g/mol. The molecule has 0 spiro atoms. The molecule has 0 N–H and O–H groups in total. The lowest BCUT2D eigenvalue weighted by Crippen LogP contribution is -2.48. The molecule has 8 heteroatoms. The van der Waals surface area contributed by atoms with Gasteiger partial charge in [-0.15, -0.1) is 0 Å². The van der Waals surface area contributed by atoms with E-state index in [2.05, 4.69) is 17.1 Å². The molecule has 3 rings (SSSR count). The lowest BCUT2D eigenvalue weighted by Gasteiger charge is -2.34. The summed E-state index contributed by atoms with van der Waals surface area (Å²) in [4.78, 5) is 20.3. The Hall–Kier alpha value is -2.35. The number of aromatic nitrogens is 2. The van der Waals surface area contributed by atoms with Crippen LogP contribution in [0.2, 0.25) is 0 Å². The number of carbonyl (C=O) groups excluding carboxylic acids is 1. The maximum atomic E-state index is 12.6. The van der Waals surface area contributed by atoms with Gasteiger partial charge in [-0.1, -0.05) is 30.3 Å². The van der Waals surface area contributed by atoms with Gasteiger partial charge in [0.05, 0.1) is 6.54 Å². The van der Waals surface area contributed by atoms with E-state index < -0.39 is 12.7 Å². The lowest BCUT2D eigenvalue weighted by molar-refractivity contribution is -0.141. The van der Waals surface area contributed by atoms with Crippen molar-refractivity contribution >= 4 is 5.91 Å². The molecular formula is C20H25F3N4O. The fourth-order valence-electron chi connectivity index (χ4n) is 3.43. The van der Waals surface area contributed by atoms with Crippen LogP contribution in [-0.2, 0) is 24.3 Å². The molecule has 0 bridgehead atoms. The second-order valence-corrected chi connectivity index (χ2v) is 7.08. The standard InChI is InChI=1S/C20H25F3N4O/c21-20(22,23)16-27-10-9-24-18(27)15-25-11-13-26(14-12-25)19(28)8-4-7-17-5-2-1-3-6-17/h1-3,5-6,9-10H,4,7-8,11-16H2. The Kier molecular flexibility index (Phi) is 6.72. The summed E-state index contributed by atoms with van der Waals surface area (Å²) in [5.41, 5.74) is 1.23. The minimum atomic E-state index is -4.26. The van der Waals surface area contributed by atoms with E-state index >= 15 is 0 Å². The molecule has 1 aromatic heterocycles. The van der Waals surface area contributed by atoms with Crippen LogP contribution >= 0.6 is 0 Å². The number of piperazine rings is 1. The molecule has 0 atom stereocenters. The van der Waals surface area contributed by atoms with Gasteiger partial charge in [0.15, 0.2) is 0 Å². The number of amides is 1. The number of nitrogens with zero attached hydrogens (tertiary/aromatic N) is 4. The predicted molar refractivity (Wildman–Crippen MR) is 99.5 cm³/mol. The molecule has 0 aliphatic carbocycles. The Labute approximate surface area is 162 Å². The van der Waals surface area contributed by atoms with Crippen molar-refractivity contribution in [2.75, 3.05) is 26.2 Å². The van der Waals surface area contributed by atoms with Crippen LogP contribution < -0.4 is 0 Å². The van der Waals surface area contributed by atoms with E-state index in [1.807, 2.05) is 28.0 Å².